The number of pyridine rings is 2. The molecule has 4 heterocycles. The van der Waals surface area contributed by atoms with Crippen molar-refractivity contribution in [3.05, 3.63) is 121 Å². The number of aromatic hydroxyl groups is 2. The highest BCUT2D eigenvalue weighted by atomic mass is 16.4. The first-order valence-electron chi connectivity index (χ1n) is 12.7. The van der Waals surface area contributed by atoms with Crippen LogP contribution in [0.3, 0.4) is 0 Å². The first-order chi connectivity index (χ1) is 22.0. The summed E-state index contributed by atoms with van der Waals surface area (Å²) < 4.78 is 0. The standard InChI is InChI=1S/2C9H7NO.2C6H4N2O4.4H2O/c2*11-8-5-1-3-7-4-2-6-10-9(7)8;2*9-5(10)3-4(6(11)12)8-2-1-7-3;;;;/h2*1-6,11H;2*1-2H,(H,9,10)(H,11,12);4*1H2. The van der Waals surface area contributed by atoms with E-state index in [0.29, 0.717) is 11.5 Å². The molecular formula is C30H30N6O14. The minimum absolute atomic E-state index is 0. The monoisotopic (exact) mass is 698 g/mol. The number of para-hydroxylation sites is 2. The molecule has 0 radical (unpaired) electrons. The molecule has 4 aromatic heterocycles. The highest BCUT2D eigenvalue weighted by Crippen LogP contribution is 2.19. The number of H-pyrrole nitrogens is 2. The number of aromatic amines is 2. The van der Waals surface area contributed by atoms with Crippen molar-refractivity contribution in [2.24, 2.45) is 0 Å². The molecule has 6 aromatic rings. The van der Waals surface area contributed by atoms with Gasteiger partial charge in [-0.2, -0.15) is 0 Å². The van der Waals surface area contributed by atoms with Crippen LogP contribution in [0.2, 0.25) is 0 Å². The molecule has 14 N–H and O–H groups in total. The van der Waals surface area contributed by atoms with Gasteiger partial charge >= 0.3 is 11.9 Å². The van der Waals surface area contributed by atoms with Crippen LogP contribution in [0.5, 0.6) is 11.5 Å². The van der Waals surface area contributed by atoms with Crippen molar-refractivity contribution in [1.29, 1.82) is 0 Å². The number of phenolic OH excluding ortho intramolecular Hbond substituents is 2. The summed E-state index contributed by atoms with van der Waals surface area (Å²) in [5.74, 6) is -5.60. The Morgan fingerprint density at radius 1 is 0.500 bits per heavy atom. The number of nitrogens with zero attached hydrogens (tertiary/aromatic N) is 4. The van der Waals surface area contributed by atoms with Gasteiger partial charge in [-0.15, -0.1) is 0 Å². The quantitative estimate of drug-likeness (QED) is 0.139. The van der Waals surface area contributed by atoms with E-state index < -0.39 is 46.7 Å². The zero-order valence-corrected chi connectivity index (χ0v) is 25.3. The fourth-order valence-electron chi connectivity index (χ4n) is 3.56. The smallest absolute Gasteiger partial charge is 0.356 e. The van der Waals surface area contributed by atoms with Crippen LogP contribution < -0.4 is 20.2 Å². The van der Waals surface area contributed by atoms with E-state index in [1.54, 1.807) is 24.5 Å². The SMILES string of the molecule is O.O.O.O.O=C([O-])c1nccnc1C(=O)O.O=C([O-])c1nccnc1C(=O)O.Oc1cccc2ccc[nH+]c12.Oc1cccc2ccc[nH+]c12. The van der Waals surface area contributed by atoms with Crippen LogP contribution in [0.1, 0.15) is 42.0 Å². The molecule has 0 aliphatic carbocycles. The van der Waals surface area contributed by atoms with Gasteiger partial charge in [0.25, 0.3) is 11.0 Å². The Morgan fingerprint density at radius 2 is 0.800 bits per heavy atom. The lowest BCUT2D eigenvalue weighted by Gasteiger charge is -2.02. The zero-order valence-electron chi connectivity index (χ0n) is 25.3. The molecule has 0 amide bonds. The third-order valence-corrected chi connectivity index (χ3v) is 5.54. The van der Waals surface area contributed by atoms with Gasteiger partial charge in [0.05, 0.1) is 22.7 Å². The van der Waals surface area contributed by atoms with Crippen molar-refractivity contribution in [2.45, 2.75) is 0 Å². The summed E-state index contributed by atoms with van der Waals surface area (Å²) in [6, 6.07) is 18.6. The Balaban J connectivity index is 0. The lowest BCUT2D eigenvalue weighted by Crippen LogP contribution is -2.26. The molecule has 0 saturated heterocycles. The molecule has 20 nitrogen and oxygen atoms in total. The second-order valence-electron chi connectivity index (χ2n) is 8.52. The van der Waals surface area contributed by atoms with Crippen molar-refractivity contribution >= 4 is 45.7 Å². The van der Waals surface area contributed by atoms with Crippen molar-refractivity contribution < 1.29 is 81.7 Å². The van der Waals surface area contributed by atoms with Gasteiger partial charge < -0.3 is 62.1 Å². The van der Waals surface area contributed by atoms with Crippen LogP contribution in [-0.4, -0.2) is 86.1 Å². The number of carboxylic acids is 4. The minimum atomic E-state index is -1.65. The predicted octanol–water partition coefficient (Wildman–Crippen LogP) is -3.50. The maximum absolute atomic E-state index is 10.3. The van der Waals surface area contributed by atoms with Gasteiger partial charge in [0.1, 0.15) is 11.4 Å². The molecule has 0 aliphatic rings. The number of hydrogen-bond donors (Lipinski definition) is 4. The third kappa shape index (κ3) is 12.2. The van der Waals surface area contributed by atoms with Crippen molar-refractivity contribution in [1.82, 2.24) is 19.9 Å². The number of fused-ring (bicyclic) bond motifs is 2. The Bertz CT molecular complexity index is 1810. The van der Waals surface area contributed by atoms with Crippen LogP contribution in [0, 0.1) is 0 Å². The van der Waals surface area contributed by atoms with Crippen LogP contribution >= 0.6 is 0 Å². The largest absolute Gasteiger partial charge is 0.543 e. The zero-order chi connectivity index (χ0) is 33.6. The fraction of sp³-hybridized carbons (Fsp3) is 0. The predicted molar refractivity (Wildman–Crippen MR) is 165 cm³/mol. The highest BCUT2D eigenvalue weighted by molar-refractivity contribution is 5.98. The number of carbonyl (C=O) groups excluding carboxylic acids is 2. The minimum Gasteiger partial charge on any atom is -0.543 e. The highest BCUT2D eigenvalue weighted by Gasteiger charge is 2.13. The van der Waals surface area contributed by atoms with Crippen LogP contribution in [0.4, 0.5) is 0 Å². The number of hydrogen-bond acceptors (Lipinski definition) is 12. The average molecular weight is 699 g/mol. The topological polar surface area (TPSA) is 401 Å². The van der Waals surface area contributed by atoms with Crippen molar-refractivity contribution in [3.8, 4) is 11.5 Å². The number of aromatic carboxylic acids is 4. The second-order valence-corrected chi connectivity index (χ2v) is 8.52. The first-order valence-corrected chi connectivity index (χ1v) is 12.7. The summed E-state index contributed by atoms with van der Waals surface area (Å²) in [5, 5.41) is 58.1. The van der Waals surface area contributed by atoms with E-state index >= 15 is 0 Å². The summed E-state index contributed by atoms with van der Waals surface area (Å²) in [6.45, 7) is 0. The Labute approximate surface area is 279 Å². The van der Waals surface area contributed by atoms with Crippen molar-refractivity contribution in [2.75, 3.05) is 0 Å². The Kier molecular flexibility index (Phi) is 19.3. The van der Waals surface area contributed by atoms with E-state index in [4.69, 9.17) is 10.2 Å². The van der Waals surface area contributed by atoms with E-state index in [1.807, 2.05) is 48.5 Å². The first kappa shape index (κ1) is 44.9. The van der Waals surface area contributed by atoms with Gasteiger partial charge in [0.2, 0.25) is 0 Å². The number of phenols is 2. The maximum atomic E-state index is 10.3. The van der Waals surface area contributed by atoms with Gasteiger partial charge in [-0.05, 0) is 36.4 Å². The molecule has 0 spiro atoms. The van der Waals surface area contributed by atoms with Gasteiger partial charge in [-0.3, -0.25) is 9.97 Å². The second kappa shape index (κ2) is 21.5. The molecule has 0 fully saturated rings. The normalized spacial score (nSPS) is 8.96. The summed E-state index contributed by atoms with van der Waals surface area (Å²) in [5.41, 5.74) is -0.977. The molecular weight excluding hydrogens is 668 g/mol. The summed E-state index contributed by atoms with van der Waals surface area (Å²) >= 11 is 0. The number of rotatable bonds is 4. The van der Waals surface area contributed by atoms with E-state index in [-0.39, 0.29) is 21.9 Å². The van der Waals surface area contributed by atoms with Crippen LogP contribution in [0.25, 0.3) is 21.8 Å². The van der Waals surface area contributed by atoms with Crippen LogP contribution in [-0.2, 0) is 0 Å². The van der Waals surface area contributed by atoms with Crippen LogP contribution in [0.15, 0.2) is 97.8 Å². The molecule has 0 unspecified atom stereocenters. The summed E-state index contributed by atoms with van der Waals surface area (Å²) in [4.78, 5) is 60.3. The fourth-order valence-corrected chi connectivity index (χ4v) is 3.56. The number of carbonyl (C=O) groups is 4. The number of aromatic nitrogens is 6. The van der Waals surface area contributed by atoms with Gasteiger partial charge in [-0.1, -0.05) is 12.1 Å². The Morgan fingerprint density at radius 3 is 1.06 bits per heavy atom. The number of benzene rings is 2. The molecule has 50 heavy (non-hydrogen) atoms. The lowest BCUT2D eigenvalue weighted by molar-refractivity contribution is -0.345. The third-order valence-electron chi connectivity index (χ3n) is 5.54. The average Bonchev–Trinajstić information content (AvgIpc) is 3.06. The van der Waals surface area contributed by atoms with Gasteiger partial charge in [-0.25, -0.2) is 29.5 Å². The van der Waals surface area contributed by atoms with E-state index in [1.165, 1.54) is 0 Å². The van der Waals surface area contributed by atoms with E-state index in [9.17, 15) is 39.6 Å². The molecule has 2 aromatic carbocycles. The Hall–Kier alpha value is -7.26. The number of carboxylic acid groups (broad SMARTS) is 4. The molecule has 20 heteroatoms. The molecule has 0 saturated carbocycles. The van der Waals surface area contributed by atoms with Gasteiger partial charge in [0.15, 0.2) is 35.3 Å². The maximum Gasteiger partial charge on any atom is 0.356 e. The molecule has 6 rings (SSSR count). The van der Waals surface area contributed by atoms with E-state index in [2.05, 4.69) is 29.9 Å². The number of nitrogens with one attached hydrogen (secondary N) is 2. The summed E-state index contributed by atoms with van der Waals surface area (Å²) in [6.07, 6.45) is 7.94. The lowest BCUT2D eigenvalue weighted by atomic mass is 10.2. The molecule has 0 atom stereocenters. The summed E-state index contributed by atoms with van der Waals surface area (Å²) in [7, 11) is 0. The molecule has 264 valence electrons. The van der Waals surface area contributed by atoms with E-state index in [0.717, 1.165) is 46.6 Å². The van der Waals surface area contributed by atoms with Gasteiger partial charge in [0, 0.05) is 36.9 Å². The molecule has 0 bridgehead atoms. The van der Waals surface area contributed by atoms with Crippen molar-refractivity contribution in [3.63, 3.8) is 0 Å². The molecule has 0 aliphatic heterocycles.